The average Bonchev–Trinajstić information content (AvgIpc) is 3.38. The number of aromatic nitrogens is 3. The van der Waals surface area contributed by atoms with Gasteiger partial charge in [-0.1, -0.05) is 29.5 Å². The summed E-state index contributed by atoms with van der Waals surface area (Å²) in [5.41, 5.74) is 0.947. The number of amides is 1. The van der Waals surface area contributed by atoms with E-state index < -0.39 is 0 Å². The van der Waals surface area contributed by atoms with Gasteiger partial charge in [0.05, 0.1) is 15.3 Å². The molecule has 0 aliphatic heterocycles. The van der Waals surface area contributed by atoms with E-state index in [4.69, 9.17) is 0 Å². The Labute approximate surface area is 165 Å². The van der Waals surface area contributed by atoms with Gasteiger partial charge < -0.3 is 10.2 Å². The predicted molar refractivity (Wildman–Crippen MR) is 113 cm³/mol. The molecule has 4 aromatic rings. The summed E-state index contributed by atoms with van der Waals surface area (Å²) in [4.78, 5) is 21.0. The molecule has 0 saturated carbocycles. The van der Waals surface area contributed by atoms with Gasteiger partial charge in [-0.15, -0.1) is 11.3 Å². The van der Waals surface area contributed by atoms with Gasteiger partial charge in [-0.05, 0) is 32.0 Å². The molecule has 0 aliphatic carbocycles. The van der Waals surface area contributed by atoms with Crippen molar-refractivity contribution in [3.63, 3.8) is 0 Å². The van der Waals surface area contributed by atoms with Crippen molar-refractivity contribution in [2.75, 3.05) is 23.3 Å². The highest BCUT2D eigenvalue weighted by Gasteiger charge is 2.16. The summed E-state index contributed by atoms with van der Waals surface area (Å²) >= 11 is 3.04. The molecule has 3 aromatic heterocycles. The Morgan fingerprint density at radius 2 is 1.93 bits per heavy atom. The van der Waals surface area contributed by atoms with Gasteiger partial charge in [0, 0.05) is 25.4 Å². The standard InChI is InChI=1S/C19H19N5OS2/c1-3-23(4-2)19-21-18-15(27-19)12-14(26-18)17(25)20-16-10-11-24(22-16)13-8-6-5-7-9-13/h5-12H,3-4H2,1-2H3,(H,20,22,25). The Kier molecular flexibility index (Phi) is 4.91. The van der Waals surface area contributed by atoms with E-state index >= 15 is 0 Å². The first-order valence-electron chi connectivity index (χ1n) is 8.75. The number of hydrogen-bond acceptors (Lipinski definition) is 6. The lowest BCUT2D eigenvalue weighted by Gasteiger charge is -2.16. The van der Waals surface area contributed by atoms with E-state index in [1.807, 2.05) is 42.6 Å². The fraction of sp³-hybridized carbons (Fsp3) is 0.211. The van der Waals surface area contributed by atoms with Crippen molar-refractivity contribution in [1.29, 1.82) is 0 Å². The molecular formula is C19H19N5OS2. The van der Waals surface area contributed by atoms with Crippen LogP contribution in [0.5, 0.6) is 0 Å². The predicted octanol–water partition coefficient (Wildman–Crippen LogP) is 4.64. The molecule has 0 aliphatic rings. The number of para-hydroxylation sites is 1. The number of hydrogen-bond donors (Lipinski definition) is 1. The zero-order chi connectivity index (χ0) is 18.8. The van der Waals surface area contributed by atoms with Gasteiger partial charge in [0.2, 0.25) is 0 Å². The normalized spacial score (nSPS) is 11.0. The molecule has 1 N–H and O–H groups in total. The van der Waals surface area contributed by atoms with Crippen LogP contribution in [0.3, 0.4) is 0 Å². The molecule has 0 bridgehead atoms. The molecule has 0 saturated heterocycles. The molecular weight excluding hydrogens is 378 g/mol. The molecule has 0 fully saturated rings. The minimum atomic E-state index is -0.159. The molecule has 1 amide bonds. The van der Waals surface area contributed by atoms with Crippen LogP contribution >= 0.6 is 22.7 Å². The summed E-state index contributed by atoms with van der Waals surface area (Å²) in [5, 5.41) is 8.29. The first-order chi connectivity index (χ1) is 13.2. The third-order valence-electron chi connectivity index (χ3n) is 4.19. The molecule has 27 heavy (non-hydrogen) atoms. The van der Waals surface area contributed by atoms with Crippen LogP contribution in [0.2, 0.25) is 0 Å². The van der Waals surface area contributed by atoms with Crippen LogP contribution in [0.15, 0.2) is 48.7 Å². The number of rotatable bonds is 6. The van der Waals surface area contributed by atoms with Crippen molar-refractivity contribution in [1.82, 2.24) is 14.8 Å². The zero-order valence-electron chi connectivity index (χ0n) is 15.0. The fourth-order valence-corrected chi connectivity index (χ4v) is 4.99. The molecule has 0 atom stereocenters. The highest BCUT2D eigenvalue weighted by atomic mass is 32.1. The van der Waals surface area contributed by atoms with Gasteiger partial charge in [-0.25, -0.2) is 9.67 Å². The summed E-state index contributed by atoms with van der Waals surface area (Å²) in [5.74, 6) is 0.366. The van der Waals surface area contributed by atoms with Crippen molar-refractivity contribution >= 4 is 49.1 Å². The molecule has 138 valence electrons. The maximum Gasteiger partial charge on any atom is 0.267 e. The maximum atomic E-state index is 12.6. The molecule has 4 rings (SSSR count). The number of carbonyl (C=O) groups is 1. The van der Waals surface area contributed by atoms with Crippen LogP contribution in [0, 0.1) is 0 Å². The summed E-state index contributed by atoms with van der Waals surface area (Å²) in [6.45, 7) is 6.09. The number of benzene rings is 1. The number of thiophene rings is 1. The van der Waals surface area contributed by atoms with Crippen LogP contribution in [0.1, 0.15) is 23.5 Å². The Balaban J connectivity index is 1.50. The van der Waals surface area contributed by atoms with Crippen LogP contribution in [-0.4, -0.2) is 33.8 Å². The number of anilines is 2. The lowest BCUT2D eigenvalue weighted by molar-refractivity contribution is 0.103. The van der Waals surface area contributed by atoms with Gasteiger partial charge in [-0.3, -0.25) is 4.79 Å². The van der Waals surface area contributed by atoms with Gasteiger partial charge in [-0.2, -0.15) is 5.10 Å². The maximum absolute atomic E-state index is 12.6. The van der Waals surface area contributed by atoms with Crippen LogP contribution in [0.4, 0.5) is 10.9 Å². The van der Waals surface area contributed by atoms with Crippen LogP contribution in [0.25, 0.3) is 15.2 Å². The topological polar surface area (TPSA) is 63.1 Å². The first kappa shape index (κ1) is 17.7. The third kappa shape index (κ3) is 3.58. The lowest BCUT2D eigenvalue weighted by atomic mass is 10.3. The smallest absolute Gasteiger partial charge is 0.267 e. The molecule has 8 heteroatoms. The summed E-state index contributed by atoms with van der Waals surface area (Å²) in [7, 11) is 0. The number of thiazole rings is 1. The van der Waals surface area contributed by atoms with Crippen LogP contribution < -0.4 is 10.2 Å². The van der Waals surface area contributed by atoms with E-state index in [1.165, 1.54) is 11.3 Å². The number of nitrogens with one attached hydrogen (secondary N) is 1. The second-order valence-electron chi connectivity index (χ2n) is 5.88. The van der Waals surface area contributed by atoms with Crippen LogP contribution in [-0.2, 0) is 0 Å². The zero-order valence-corrected chi connectivity index (χ0v) is 16.7. The van der Waals surface area contributed by atoms with Gasteiger partial charge >= 0.3 is 0 Å². The summed E-state index contributed by atoms with van der Waals surface area (Å²) in [6.07, 6.45) is 1.83. The average molecular weight is 398 g/mol. The monoisotopic (exact) mass is 397 g/mol. The highest BCUT2D eigenvalue weighted by molar-refractivity contribution is 7.29. The Morgan fingerprint density at radius 3 is 2.63 bits per heavy atom. The van der Waals surface area contributed by atoms with E-state index in [-0.39, 0.29) is 5.91 Å². The first-order valence-corrected chi connectivity index (χ1v) is 10.4. The number of nitrogens with zero attached hydrogens (tertiary/aromatic N) is 4. The largest absolute Gasteiger partial charge is 0.349 e. The fourth-order valence-electron chi connectivity index (χ4n) is 2.76. The van der Waals surface area contributed by atoms with E-state index in [0.717, 1.165) is 33.4 Å². The number of carbonyl (C=O) groups excluding carboxylic acids is 1. The third-order valence-corrected chi connectivity index (χ3v) is 6.41. The van der Waals surface area contributed by atoms with Crippen molar-refractivity contribution in [3.8, 4) is 5.69 Å². The quantitative estimate of drug-likeness (QED) is 0.515. The highest BCUT2D eigenvalue weighted by Crippen LogP contribution is 2.34. The Morgan fingerprint density at radius 1 is 1.15 bits per heavy atom. The molecule has 1 aromatic carbocycles. The lowest BCUT2D eigenvalue weighted by Crippen LogP contribution is -2.21. The Hall–Kier alpha value is -2.71. The molecule has 0 unspecified atom stereocenters. The summed E-state index contributed by atoms with van der Waals surface area (Å²) in [6, 6.07) is 13.5. The van der Waals surface area contributed by atoms with Crippen molar-refractivity contribution in [2.45, 2.75) is 13.8 Å². The Bertz CT molecular complexity index is 1030. The van der Waals surface area contributed by atoms with Crippen molar-refractivity contribution < 1.29 is 4.79 Å². The molecule has 6 nitrogen and oxygen atoms in total. The number of fused-ring (bicyclic) bond motifs is 1. The van der Waals surface area contributed by atoms with Gasteiger partial charge in [0.25, 0.3) is 5.91 Å². The van der Waals surface area contributed by atoms with Gasteiger partial charge in [0.15, 0.2) is 10.9 Å². The minimum Gasteiger partial charge on any atom is -0.349 e. The van der Waals surface area contributed by atoms with Crippen molar-refractivity contribution in [2.24, 2.45) is 0 Å². The van der Waals surface area contributed by atoms with E-state index in [0.29, 0.717) is 10.7 Å². The van der Waals surface area contributed by atoms with E-state index in [1.54, 1.807) is 22.1 Å². The molecule has 0 radical (unpaired) electrons. The second kappa shape index (κ2) is 7.50. The SMILES string of the molecule is CCN(CC)c1nc2sc(C(=O)Nc3ccn(-c4ccccc4)n3)cc2s1. The van der Waals surface area contributed by atoms with Crippen molar-refractivity contribution in [3.05, 3.63) is 53.5 Å². The second-order valence-corrected chi connectivity index (χ2v) is 7.92. The molecule has 3 heterocycles. The van der Waals surface area contributed by atoms with E-state index in [9.17, 15) is 4.79 Å². The molecule has 0 spiro atoms. The van der Waals surface area contributed by atoms with Gasteiger partial charge in [0.1, 0.15) is 4.83 Å². The van der Waals surface area contributed by atoms with E-state index in [2.05, 4.69) is 34.1 Å². The summed E-state index contributed by atoms with van der Waals surface area (Å²) < 4.78 is 2.78. The minimum absolute atomic E-state index is 0.159.